The lowest BCUT2D eigenvalue weighted by atomic mass is 9.97. The Labute approximate surface area is 159 Å². The lowest BCUT2D eigenvalue weighted by Crippen LogP contribution is -2.31. The average Bonchev–Trinajstić information content (AvgIpc) is 2.97. The highest BCUT2D eigenvalue weighted by atomic mass is 79.9. The summed E-state index contributed by atoms with van der Waals surface area (Å²) in [5.41, 5.74) is 3.72. The molecule has 5 rings (SSSR count). The number of nitrogens with one attached hydrogen (secondary N) is 1. The number of alkyl carbamates (subject to hydrolysis) is 1. The van der Waals surface area contributed by atoms with Crippen molar-refractivity contribution in [2.45, 2.75) is 37.3 Å². The van der Waals surface area contributed by atoms with Crippen LogP contribution in [0.3, 0.4) is 0 Å². The monoisotopic (exact) mass is 415 g/mol. The molecule has 1 aliphatic heterocycles. The Balaban J connectivity index is 1.20. The lowest BCUT2D eigenvalue weighted by Gasteiger charge is -2.13. The highest BCUT2D eigenvalue weighted by molar-refractivity contribution is 9.10. The van der Waals surface area contributed by atoms with Crippen LogP contribution in [0.15, 0.2) is 40.9 Å². The molecule has 2 aromatic carbocycles. The molecule has 6 heteroatoms. The van der Waals surface area contributed by atoms with Crippen LogP contribution in [0.5, 0.6) is 11.5 Å². The second-order valence-corrected chi connectivity index (χ2v) is 7.94. The largest absolute Gasteiger partial charge is 0.454 e. The number of ether oxygens (including phenoxy) is 3. The number of carbonyl (C=O) groups is 1. The predicted octanol–water partition coefficient (Wildman–Crippen LogP) is 4.06. The molecule has 0 bridgehead atoms. The molecule has 1 N–H and O–H groups in total. The van der Waals surface area contributed by atoms with Crippen molar-refractivity contribution in [1.82, 2.24) is 5.32 Å². The van der Waals surface area contributed by atoms with Gasteiger partial charge in [0.2, 0.25) is 6.79 Å². The molecule has 1 saturated carbocycles. The molecule has 2 atom stereocenters. The quantitative estimate of drug-likeness (QED) is 0.820. The fourth-order valence-electron chi connectivity index (χ4n) is 4.19. The molecule has 1 spiro atoms. The Morgan fingerprint density at radius 1 is 1.27 bits per heavy atom. The highest BCUT2D eigenvalue weighted by Gasteiger charge is 2.59. The molecule has 1 heterocycles. The van der Waals surface area contributed by atoms with Gasteiger partial charge >= 0.3 is 6.09 Å². The molecule has 1 fully saturated rings. The topological polar surface area (TPSA) is 56.8 Å². The summed E-state index contributed by atoms with van der Waals surface area (Å²) < 4.78 is 17.2. The molecule has 0 radical (unpaired) electrons. The van der Waals surface area contributed by atoms with Gasteiger partial charge in [0.25, 0.3) is 0 Å². The van der Waals surface area contributed by atoms with Crippen molar-refractivity contribution >= 4 is 22.0 Å². The fourth-order valence-corrected chi connectivity index (χ4v) is 4.76. The van der Waals surface area contributed by atoms with Gasteiger partial charge in [-0.3, -0.25) is 0 Å². The maximum atomic E-state index is 12.2. The van der Waals surface area contributed by atoms with Crippen LogP contribution in [0.4, 0.5) is 4.79 Å². The van der Waals surface area contributed by atoms with Crippen molar-refractivity contribution in [3.63, 3.8) is 0 Å². The maximum absolute atomic E-state index is 12.2. The minimum absolute atomic E-state index is 0.0941. The van der Waals surface area contributed by atoms with E-state index in [1.807, 2.05) is 18.2 Å². The molecule has 2 aromatic rings. The number of rotatable bonds is 3. The first-order chi connectivity index (χ1) is 12.7. The molecule has 2 aliphatic carbocycles. The van der Waals surface area contributed by atoms with Gasteiger partial charge in [0.1, 0.15) is 6.61 Å². The second kappa shape index (κ2) is 5.91. The van der Waals surface area contributed by atoms with Crippen LogP contribution in [0, 0.1) is 0 Å². The Hall–Kier alpha value is -2.21. The number of hydrogen-bond acceptors (Lipinski definition) is 4. The first kappa shape index (κ1) is 16.0. The van der Waals surface area contributed by atoms with Crippen LogP contribution in [0.1, 0.15) is 29.5 Å². The van der Waals surface area contributed by atoms with Crippen LogP contribution < -0.4 is 14.8 Å². The molecule has 134 valence electrons. The van der Waals surface area contributed by atoms with Gasteiger partial charge in [0.15, 0.2) is 11.5 Å². The van der Waals surface area contributed by atoms with E-state index in [0.29, 0.717) is 5.75 Å². The zero-order valence-electron chi connectivity index (χ0n) is 14.1. The van der Waals surface area contributed by atoms with Gasteiger partial charge in [-0.25, -0.2) is 4.79 Å². The van der Waals surface area contributed by atoms with E-state index in [2.05, 4.69) is 39.4 Å². The third-order valence-corrected chi connectivity index (χ3v) is 6.39. The van der Waals surface area contributed by atoms with E-state index in [-0.39, 0.29) is 30.9 Å². The molecular formula is C20H18BrNO4. The smallest absolute Gasteiger partial charge is 0.407 e. The minimum Gasteiger partial charge on any atom is -0.454 e. The first-order valence-electron chi connectivity index (χ1n) is 8.75. The van der Waals surface area contributed by atoms with Crippen molar-refractivity contribution < 1.29 is 19.0 Å². The summed E-state index contributed by atoms with van der Waals surface area (Å²) in [7, 11) is 0. The third kappa shape index (κ3) is 2.55. The van der Waals surface area contributed by atoms with E-state index >= 15 is 0 Å². The van der Waals surface area contributed by atoms with Crippen LogP contribution >= 0.6 is 15.9 Å². The number of halogens is 1. The van der Waals surface area contributed by atoms with E-state index in [1.54, 1.807) is 0 Å². The van der Waals surface area contributed by atoms with Gasteiger partial charge in [0.05, 0.1) is 0 Å². The second-order valence-electron chi connectivity index (χ2n) is 7.09. The summed E-state index contributed by atoms with van der Waals surface area (Å²) in [4.78, 5) is 12.2. The van der Waals surface area contributed by atoms with Crippen LogP contribution in [0.25, 0.3) is 0 Å². The molecule has 0 unspecified atom stereocenters. The lowest BCUT2D eigenvalue weighted by molar-refractivity contribution is 0.138. The molecule has 1 amide bonds. The summed E-state index contributed by atoms with van der Waals surface area (Å²) >= 11 is 3.64. The van der Waals surface area contributed by atoms with Gasteiger partial charge in [-0.15, -0.1) is 0 Å². The van der Waals surface area contributed by atoms with Crippen molar-refractivity contribution in [3.8, 4) is 11.5 Å². The Bertz CT molecular complexity index is 899. The molecule has 3 aliphatic rings. The van der Waals surface area contributed by atoms with Crippen molar-refractivity contribution in [2.75, 3.05) is 6.79 Å². The van der Waals surface area contributed by atoms with E-state index in [0.717, 1.165) is 30.6 Å². The molecule has 0 aromatic heterocycles. The molecule has 26 heavy (non-hydrogen) atoms. The molecule has 5 nitrogen and oxygen atoms in total. The van der Waals surface area contributed by atoms with E-state index in [9.17, 15) is 4.79 Å². The Morgan fingerprint density at radius 3 is 3.08 bits per heavy atom. The van der Waals surface area contributed by atoms with Gasteiger partial charge in [-0.05, 0) is 54.2 Å². The Morgan fingerprint density at radius 2 is 2.15 bits per heavy atom. The third-order valence-electron chi connectivity index (χ3n) is 5.65. The van der Waals surface area contributed by atoms with Crippen molar-refractivity contribution in [1.29, 1.82) is 0 Å². The zero-order chi connectivity index (χ0) is 17.7. The normalized spacial score (nSPS) is 24.4. The van der Waals surface area contributed by atoms with E-state index < -0.39 is 0 Å². The number of fused-ring (bicyclic) bond motifs is 3. The van der Waals surface area contributed by atoms with Crippen LogP contribution in [-0.4, -0.2) is 18.9 Å². The summed E-state index contributed by atoms with van der Waals surface area (Å²) in [6.45, 7) is 0.450. The maximum Gasteiger partial charge on any atom is 0.407 e. The zero-order valence-corrected chi connectivity index (χ0v) is 15.7. The Kier molecular flexibility index (Phi) is 3.64. The fraction of sp³-hybridized carbons (Fsp3) is 0.350. The summed E-state index contributed by atoms with van der Waals surface area (Å²) in [5.74, 6) is 1.42. The van der Waals surface area contributed by atoms with E-state index in [1.165, 1.54) is 15.6 Å². The predicted molar refractivity (Wildman–Crippen MR) is 98.4 cm³/mol. The number of amides is 1. The molecule has 0 saturated heterocycles. The van der Waals surface area contributed by atoms with E-state index in [4.69, 9.17) is 14.2 Å². The SMILES string of the molecule is O=C(N[C@@H]1C[C@]12CCc1c(Br)cccc12)OCc1ccc2c(c1)OCO2. The van der Waals surface area contributed by atoms with Gasteiger partial charge < -0.3 is 19.5 Å². The first-order valence-corrected chi connectivity index (χ1v) is 9.55. The van der Waals surface area contributed by atoms with Crippen molar-refractivity contribution in [2.24, 2.45) is 0 Å². The highest BCUT2D eigenvalue weighted by Crippen LogP contribution is 2.57. The summed E-state index contributed by atoms with van der Waals surface area (Å²) in [6, 6.07) is 12.1. The number of carbonyl (C=O) groups excluding carboxylic acids is 1. The summed E-state index contributed by atoms with van der Waals surface area (Å²) in [6.07, 6.45) is 2.75. The van der Waals surface area contributed by atoms with Crippen LogP contribution in [-0.2, 0) is 23.2 Å². The van der Waals surface area contributed by atoms with Gasteiger partial charge in [-0.2, -0.15) is 0 Å². The molecular weight excluding hydrogens is 398 g/mol. The number of benzene rings is 2. The van der Waals surface area contributed by atoms with Crippen molar-refractivity contribution in [3.05, 3.63) is 57.6 Å². The van der Waals surface area contributed by atoms with Gasteiger partial charge in [-0.1, -0.05) is 34.1 Å². The van der Waals surface area contributed by atoms with Gasteiger partial charge in [0, 0.05) is 15.9 Å². The number of hydrogen-bond donors (Lipinski definition) is 1. The minimum atomic E-state index is -0.368. The van der Waals surface area contributed by atoms with Crippen LogP contribution in [0.2, 0.25) is 0 Å². The average molecular weight is 416 g/mol. The summed E-state index contributed by atoms with van der Waals surface area (Å²) in [5, 5.41) is 3.04. The standard InChI is InChI=1S/C20H18BrNO4/c21-15-3-1-2-14-13(15)6-7-20(14)9-18(20)22-19(23)24-10-12-4-5-16-17(8-12)26-11-25-16/h1-5,8,18H,6-7,9-11H2,(H,22,23)/t18-,20+/m1/s1.